The lowest BCUT2D eigenvalue weighted by molar-refractivity contribution is -0.573. The van der Waals surface area contributed by atoms with Crippen LogP contribution in [0.25, 0.3) is 11.1 Å². The molecule has 106 valence electrons. The van der Waals surface area contributed by atoms with Crippen LogP contribution in [0.1, 0.15) is 23.4 Å². The summed E-state index contributed by atoms with van der Waals surface area (Å²) < 4.78 is 3.03. The maximum atomic E-state index is 11.1. The zero-order valence-corrected chi connectivity index (χ0v) is 12.6. The second kappa shape index (κ2) is 7.72. The number of hydrogen-bond donors (Lipinski definition) is 0. The van der Waals surface area contributed by atoms with Gasteiger partial charge < -0.3 is 24.8 Å². The Morgan fingerprint density at radius 2 is 0.950 bits per heavy atom. The molecule has 0 bridgehead atoms. The van der Waals surface area contributed by atoms with Crippen molar-refractivity contribution in [2.24, 2.45) is 0 Å². The zero-order chi connectivity index (χ0) is 13.1. The summed E-state index contributed by atoms with van der Waals surface area (Å²) in [6, 6.07) is 7.48. The minimum atomic E-state index is -0.0240. The van der Waals surface area contributed by atoms with Crippen LogP contribution in [0.4, 0.5) is 0 Å². The van der Waals surface area contributed by atoms with Crippen LogP contribution in [0.5, 0.6) is 0 Å². The number of nitrogens with zero attached hydrogens (tertiary/aromatic N) is 2. The molecule has 2 rings (SSSR count). The molecule has 0 spiro atoms. The van der Waals surface area contributed by atoms with Crippen molar-refractivity contribution in [3.05, 3.63) is 49.1 Å². The van der Waals surface area contributed by atoms with Crippen LogP contribution < -0.4 is 33.9 Å². The summed E-state index contributed by atoms with van der Waals surface area (Å²) in [6.07, 6.45) is 6.90. The van der Waals surface area contributed by atoms with Gasteiger partial charge in [0.25, 0.3) is 0 Å². The van der Waals surface area contributed by atoms with Gasteiger partial charge in [0.1, 0.15) is 0 Å². The fourth-order valence-corrected chi connectivity index (χ4v) is 1.66. The van der Waals surface area contributed by atoms with Gasteiger partial charge in [-0.3, -0.25) is 0 Å². The topological polar surface area (TPSA) is 41.9 Å². The third-order valence-corrected chi connectivity index (χ3v) is 2.72. The molecule has 0 saturated heterocycles. The van der Waals surface area contributed by atoms with Gasteiger partial charge in [-0.05, 0) is 11.1 Å². The van der Waals surface area contributed by atoms with Crippen molar-refractivity contribution in [2.75, 3.05) is 0 Å². The summed E-state index contributed by atoms with van der Waals surface area (Å²) in [5, 5.41) is 0. The molecule has 0 radical (unpaired) electrons. The van der Waals surface area contributed by atoms with E-state index in [9.17, 15) is 9.59 Å². The Morgan fingerprint density at radius 3 is 1.15 bits per heavy atom. The first kappa shape index (κ1) is 18.2. The fourth-order valence-electron chi connectivity index (χ4n) is 1.66. The molecule has 0 saturated carbocycles. The summed E-state index contributed by atoms with van der Waals surface area (Å²) in [6.45, 7) is 3.02. The molecule has 2 aromatic heterocycles. The van der Waals surface area contributed by atoms with Gasteiger partial charge in [-0.1, -0.05) is 0 Å². The Bertz CT molecular complexity index is 540. The van der Waals surface area contributed by atoms with Crippen LogP contribution in [-0.2, 0) is 0 Å². The normalized spacial score (nSPS) is 9.10. The predicted octanol–water partition coefficient (Wildman–Crippen LogP) is -4.74. The number of rotatable bonds is 1. The van der Waals surface area contributed by atoms with Gasteiger partial charge in [0, 0.05) is 24.3 Å². The molecule has 0 N–H and O–H groups in total. The molecular weight excluding hydrogens is 299 g/mol. The molecule has 4 nitrogen and oxygen atoms in total. The van der Waals surface area contributed by atoms with E-state index in [1.54, 1.807) is 24.8 Å². The van der Waals surface area contributed by atoms with Gasteiger partial charge in [-0.2, -0.15) is 0 Å². The van der Waals surface area contributed by atoms with E-state index in [0.717, 1.165) is 11.1 Å². The zero-order valence-electron chi connectivity index (χ0n) is 11.1. The van der Waals surface area contributed by atoms with Crippen molar-refractivity contribution in [1.29, 1.82) is 0 Å². The van der Waals surface area contributed by atoms with Crippen molar-refractivity contribution in [3.8, 4) is 11.1 Å². The Labute approximate surface area is 129 Å². The molecule has 0 aliphatic rings. The minimum absolute atomic E-state index is 0. The molecule has 0 aromatic carbocycles. The van der Waals surface area contributed by atoms with E-state index >= 15 is 0 Å². The highest BCUT2D eigenvalue weighted by molar-refractivity contribution is 5.66. The van der Waals surface area contributed by atoms with E-state index in [1.807, 2.05) is 24.3 Å². The number of halogens is 2. The third kappa shape index (κ3) is 4.11. The molecule has 0 unspecified atom stereocenters. The highest BCUT2D eigenvalue weighted by Crippen LogP contribution is 2.15. The van der Waals surface area contributed by atoms with E-state index in [2.05, 4.69) is 0 Å². The van der Waals surface area contributed by atoms with Crippen LogP contribution in [0.15, 0.2) is 49.1 Å². The van der Waals surface area contributed by atoms with E-state index in [4.69, 9.17) is 0 Å². The number of carbonyl (C=O) groups is 2. The number of carbonyl (C=O) groups excluding carboxylic acids is 2. The van der Waals surface area contributed by atoms with E-state index in [1.165, 1.54) is 23.0 Å². The van der Waals surface area contributed by atoms with Crippen LogP contribution in [0, 0.1) is 0 Å². The second-order valence-corrected chi connectivity index (χ2v) is 4.03. The van der Waals surface area contributed by atoms with Crippen LogP contribution >= 0.6 is 0 Å². The van der Waals surface area contributed by atoms with Crippen LogP contribution in [0.2, 0.25) is 0 Å². The lowest BCUT2D eigenvalue weighted by Crippen LogP contribution is -3.00. The van der Waals surface area contributed by atoms with Gasteiger partial charge >= 0.3 is 11.8 Å². The van der Waals surface area contributed by atoms with E-state index < -0.39 is 0 Å². The first-order chi connectivity index (χ1) is 8.58. The number of pyridine rings is 2. The molecule has 0 fully saturated rings. The molecule has 0 atom stereocenters. The quantitative estimate of drug-likeness (QED) is 0.496. The summed E-state index contributed by atoms with van der Waals surface area (Å²) in [4.78, 5) is 22.3. The number of aromatic nitrogens is 2. The van der Waals surface area contributed by atoms with Crippen molar-refractivity contribution >= 4 is 11.8 Å². The van der Waals surface area contributed by atoms with E-state index in [-0.39, 0.29) is 36.6 Å². The maximum absolute atomic E-state index is 11.1. The Kier molecular flexibility index (Phi) is 7.04. The molecule has 20 heavy (non-hydrogen) atoms. The number of hydrogen-bond acceptors (Lipinski definition) is 2. The van der Waals surface area contributed by atoms with Gasteiger partial charge in [0.2, 0.25) is 0 Å². The molecule has 0 aliphatic carbocycles. The molecule has 0 aliphatic heterocycles. The average molecular weight is 313 g/mol. The third-order valence-electron chi connectivity index (χ3n) is 2.72. The molecular formula is C14H14Cl2N2O2. The summed E-state index contributed by atoms with van der Waals surface area (Å²) >= 11 is 0. The van der Waals surface area contributed by atoms with Crippen molar-refractivity contribution < 1.29 is 43.5 Å². The summed E-state index contributed by atoms with van der Waals surface area (Å²) in [5.41, 5.74) is 2.01. The fraction of sp³-hybridized carbons (Fsp3) is 0.143. The summed E-state index contributed by atoms with van der Waals surface area (Å²) in [7, 11) is 0. The smallest absolute Gasteiger partial charge is 0.389 e. The monoisotopic (exact) mass is 312 g/mol. The largest absolute Gasteiger partial charge is 1.00 e. The van der Waals surface area contributed by atoms with Crippen LogP contribution in [0.3, 0.4) is 0 Å². The molecule has 0 amide bonds. The lowest BCUT2D eigenvalue weighted by atomic mass is 10.1. The average Bonchev–Trinajstić information content (AvgIpc) is 2.39. The van der Waals surface area contributed by atoms with Gasteiger partial charge in [0.15, 0.2) is 24.8 Å². The molecule has 6 heteroatoms. The van der Waals surface area contributed by atoms with Gasteiger partial charge in [0.05, 0.1) is 13.8 Å². The summed E-state index contributed by atoms with van der Waals surface area (Å²) in [5.74, 6) is -0.0481. The standard InChI is InChI=1S/C14H14N2O2.2ClH/c1-11(17)15-7-3-13(4-8-15)14-5-9-16(10-6-14)12(2)18;;/h3-10H,1-2H3;2*1H/q+2;;/p-2. The Hall–Kier alpha value is -1.78. The van der Waals surface area contributed by atoms with Crippen molar-refractivity contribution in [3.63, 3.8) is 0 Å². The van der Waals surface area contributed by atoms with Crippen molar-refractivity contribution in [1.82, 2.24) is 0 Å². The Balaban J connectivity index is 0.00000180. The highest BCUT2D eigenvalue weighted by atomic mass is 35.5. The minimum Gasteiger partial charge on any atom is -1.00 e. The lowest BCUT2D eigenvalue weighted by Gasteiger charge is -1.98. The van der Waals surface area contributed by atoms with Crippen LogP contribution in [-0.4, -0.2) is 11.8 Å². The maximum Gasteiger partial charge on any atom is 0.389 e. The van der Waals surface area contributed by atoms with E-state index in [0.29, 0.717) is 0 Å². The van der Waals surface area contributed by atoms with Crippen molar-refractivity contribution in [2.45, 2.75) is 13.8 Å². The SMILES string of the molecule is CC(=O)[n+]1ccc(-c2cc[n+](C(C)=O)cc2)cc1.[Cl-].[Cl-]. The first-order valence-corrected chi connectivity index (χ1v) is 5.63. The van der Waals surface area contributed by atoms with Gasteiger partial charge in [-0.25, -0.2) is 9.59 Å². The predicted molar refractivity (Wildman–Crippen MR) is 64.9 cm³/mol. The first-order valence-electron chi connectivity index (χ1n) is 5.63. The Morgan fingerprint density at radius 1 is 0.700 bits per heavy atom. The highest BCUT2D eigenvalue weighted by Gasteiger charge is 2.09. The molecule has 2 heterocycles. The van der Waals surface area contributed by atoms with Gasteiger partial charge in [-0.15, -0.1) is 9.13 Å². The second-order valence-electron chi connectivity index (χ2n) is 4.03. The molecule has 2 aromatic rings.